The van der Waals surface area contributed by atoms with Crippen molar-refractivity contribution < 1.29 is 4.79 Å². The van der Waals surface area contributed by atoms with Crippen molar-refractivity contribution in [1.29, 1.82) is 0 Å². The van der Waals surface area contributed by atoms with Crippen LogP contribution in [0.5, 0.6) is 0 Å². The lowest BCUT2D eigenvalue weighted by Gasteiger charge is -2.33. The first-order valence-electron chi connectivity index (χ1n) is 5.59. The zero-order valence-corrected chi connectivity index (χ0v) is 10.5. The lowest BCUT2D eigenvalue weighted by Crippen LogP contribution is -2.54. The molecule has 1 aromatic heterocycles. The molecule has 1 unspecified atom stereocenters. The number of hydrogen-bond acceptors (Lipinski definition) is 4. The van der Waals surface area contributed by atoms with Crippen molar-refractivity contribution in [3.63, 3.8) is 0 Å². The zero-order valence-electron chi connectivity index (χ0n) is 9.67. The van der Waals surface area contributed by atoms with Gasteiger partial charge >= 0.3 is 0 Å². The van der Waals surface area contributed by atoms with Crippen molar-refractivity contribution in [2.75, 3.05) is 11.9 Å². The molecule has 2 N–H and O–H groups in total. The Morgan fingerprint density at radius 2 is 2.44 bits per heavy atom. The first kappa shape index (κ1) is 11.5. The van der Waals surface area contributed by atoms with Gasteiger partial charge in [0, 0.05) is 5.38 Å². The largest absolute Gasteiger partial charge is 0.304 e. The summed E-state index contributed by atoms with van der Waals surface area (Å²) in [5, 5.41) is 8.79. The Kier molecular flexibility index (Phi) is 3.25. The van der Waals surface area contributed by atoms with Gasteiger partial charge in [0.25, 0.3) is 0 Å². The number of rotatable bonds is 2. The molecular formula is C11H17N3OS. The average Bonchev–Trinajstić information content (AvgIpc) is 2.65. The Balaban J connectivity index is 2.01. The Hall–Kier alpha value is -0.940. The first-order chi connectivity index (χ1) is 7.60. The van der Waals surface area contributed by atoms with Crippen molar-refractivity contribution in [1.82, 2.24) is 10.3 Å². The van der Waals surface area contributed by atoms with E-state index in [9.17, 15) is 4.79 Å². The monoisotopic (exact) mass is 239 g/mol. The maximum absolute atomic E-state index is 12.1. The van der Waals surface area contributed by atoms with Crippen LogP contribution in [0.1, 0.15) is 31.9 Å². The lowest BCUT2D eigenvalue weighted by atomic mass is 9.90. The zero-order chi connectivity index (χ0) is 11.6. The smallest absolute Gasteiger partial charge is 0.246 e. The number of hydrogen-bond donors (Lipinski definition) is 2. The third-order valence-electron chi connectivity index (χ3n) is 2.96. The van der Waals surface area contributed by atoms with E-state index < -0.39 is 5.54 Å². The predicted molar refractivity (Wildman–Crippen MR) is 65.7 cm³/mol. The normalized spacial score (nSPS) is 25.4. The number of nitrogens with one attached hydrogen (secondary N) is 2. The highest BCUT2D eigenvalue weighted by atomic mass is 32.1. The second kappa shape index (κ2) is 4.51. The van der Waals surface area contributed by atoms with Crippen molar-refractivity contribution in [2.45, 2.75) is 38.6 Å². The minimum absolute atomic E-state index is 0.0292. The Bertz CT molecular complexity index is 382. The molecule has 2 heterocycles. The molecule has 16 heavy (non-hydrogen) atoms. The van der Waals surface area contributed by atoms with E-state index in [0.29, 0.717) is 5.13 Å². The van der Waals surface area contributed by atoms with Crippen LogP contribution >= 0.6 is 11.3 Å². The van der Waals surface area contributed by atoms with Gasteiger partial charge in [0.15, 0.2) is 5.13 Å². The molecule has 1 aromatic rings. The number of amides is 1. The summed E-state index contributed by atoms with van der Waals surface area (Å²) >= 11 is 1.47. The highest BCUT2D eigenvalue weighted by molar-refractivity contribution is 7.13. The van der Waals surface area contributed by atoms with E-state index in [1.807, 2.05) is 19.2 Å². The highest BCUT2D eigenvalue weighted by Crippen LogP contribution is 2.22. The van der Waals surface area contributed by atoms with E-state index in [0.717, 1.165) is 31.5 Å². The van der Waals surface area contributed by atoms with Crippen LogP contribution in [0.2, 0.25) is 0 Å². The van der Waals surface area contributed by atoms with E-state index >= 15 is 0 Å². The Labute approximate surface area is 99.5 Å². The van der Waals surface area contributed by atoms with Gasteiger partial charge in [-0.25, -0.2) is 4.98 Å². The number of carbonyl (C=O) groups excluding carboxylic acids is 1. The standard InChI is InChI=1S/C11H17N3OS/c1-8-7-16-10(13-8)14-9(15)11(2)5-3-4-6-12-11/h7,12H,3-6H2,1-2H3,(H,13,14,15). The molecule has 0 saturated carbocycles. The van der Waals surface area contributed by atoms with Gasteiger partial charge < -0.3 is 10.6 Å². The molecule has 1 aliphatic heterocycles. The van der Waals surface area contributed by atoms with Crippen LogP contribution in [0.3, 0.4) is 0 Å². The minimum atomic E-state index is -0.433. The molecule has 0 aliphatic carbocycles. The maximum Gasteiger partial charge on any atom is 0.246 e. The number of thiazole rings is 1. The van der Waals surface area contributed by atoms with E-state index in [2.05, 4.69) is 15.6 Å². The fourth-order valence-electron chi connectivity index (χ4n) is 1.90. The summed E-state index contributed by atoms with van der Waals surface area (Å²) < 4.78 is 0. The Morgan fingerprint density at radius 1 is 1.62 bits per heavy atom. The van der Waals surface area contributed by atoms with Crippen molar-refractivity contribution in [2.24, 2.45) is 0 Å². The molecule has 1 amide bonds. The summed E-state index contributed by atoms with van der Waals surface area (Å²) in [6, 6.07) is 0. The predicted octanol–water partition coefficient (Wildman–Crippen LogP) is 1.92. The van der Waals surface area contributed by atoms with E-state index in [1.54, 1.807) is 0 Å². The number of aryl methyl sites for hydroxylation is 1. The number of aromatic nitrogens is 1. The van der Waals surface area contributed by atoms with Crippen molar-refractivity contribution in [3.05, 3.63) is 11.1 Å². The van der Waals surface area contributed by atoms with Gasteiger partial charge in [0.05, 0.1) is 11.2 Å². The van der Waals surface area contributed by atoms with Crippen LogP contribution in [0, 0.1) is 6.92 Å². The highest BCUT2D eigenvalue weighted by Gasteiger charge is 2.34. The van der Waals surface area contributed by atoms with Crippen LogP contribution in [0.15, 0.2) is 5.38 Å². The molecule has 0 bridgehead atoms. The van der Waals surface area contributed by atoms with Gasteiger partial charge in [-0.05, 0) is 39.7 Å². The maximum atomic E-state index is 12.1. The molecule has 0 spiro atoms. The first-order valence-corrected chi connectivity index (χ1v) is 6.47. The van der Waals surface area contributed by atoms with Gasteiger partial charge in [-0.2, -0.15) is 0 Å². The summed E-state index contributed by atoms with van der Waals surface area (Å²) in [5.41, 5.74) is 0.514. The third-order valence-corrected chi connectivity index (χ3v) is 3.83. The molecule has 4 nitrogen and oxygen atoms in total. The molecule has 5 heteroatoms. The molecule has 1 saturated heterocycles. The molecule has 1 atom stereocenters. The van der Waals surface area contributed by atoms with E-state index in [-0.39, 0.29) is 5.91 Å². The fraction of sp³-hybridized carbons (Fsp3) is 0.636. The number of piperidine rings is 1. The molecule has 0 radical (unpaired) electrons. The third kappa shape index (κ3) is 2.41. The SMILES string of the molecule is Cc1csc(NC(=O)C2(C)CCCCN2)n1. The molecule has 1 fully saturated rings. The molecule has 2 rings (SSSR count). The van der Waals surface area contributed by atoms with Gasteiger partial charge in [0.1, 0.15) is 0 Å². The molecule has 88 valence electrons. The van der Waals surface area contributed by atoms with E-state index in [4.69, 9.17) is 0 Å². The molecular weight excluding hydrogens is 222 g/mol. The number of nitrogens with zero attached hydrogens (tertiary/aromatic N) is 1. The topological polar surface area (TPSA) is 54.0 Å². The van der Waals surface area contributed by atoms with Crippen LogP contribution < -0.4 is 10.6 Å². The van der Waals surface area contributed by atoms with Gasteiger partial charge in [-0.3, -0.25) is 4.79 Å². The molecule has 1 aliphatic rings. The number of anilines is 1. The van der Waals surface area contributed by atoms with Crippen LogP contribution in [0.25, 0.3) is 0 Å². The van der Waals surface area contributed by atoms with Gasteiger partial charge in [-0.1, -0.05) is 0 Å². The number of carbonyl (C=O) groups is 1. The van der Waals surface area contributed by atoms with E-state index in [1.165, 1.54) is 11.3 Å². The lowest BCUT2D eigenvalue weighted by molar-refractivity contribution is -0.122. The van der Waals surface area contributed by atoms with Crippen molar-refractivity contribution >= 4 is 22.4 Å². The summed E-state index contributed by atoms with van der Waals surface area (Å²) in [6.07, 6.45) is 3.15. The quantitative estimate of drug-likeness (QED) is 0.829. The van der Waals surface area contributed by atoms with Gasteiger partial charge in [0.2, 0.25) is 5.91 Å². The Morgan fingerprint density at radius 3 is 3.00 bits per heavy atom. The van der Waals surface area contributed by atoms with Crippen LogP contribution in [-0.2, 0) is 4.79 Å². The average molecular weight is 239 g/mol. The summed E-state index contributed by atoms with van der Waals surface area (Å²) in [5.74, 6) is 0.0292. The van der Waals surface area contributed by atoms with Crippen LogP contribution in [-0.4, -0.2) is 23.0 Å². The second-order valence-electron chi connectivity index (χ2n) is 4.46. The second-order valence-corrected chi connectivity index (χ2v) is 5.32. The summed E-state index contributed by atoms with van der Waals surface area (Å²) in [7, 11) is 0. The molecule has 0 aromatic carbocycles. The minimum Gasteiger partial charge on any atom is -0.304 e. The van der Waals surface area contributed by atoms with Gasteiger partial charge in [-0.15, -0.1) is 11.3 Å². The summed E-state index contributed by atoms with van der Waals surface area (Å²) in [6.45, 7) is 4.80. The fourth-order valence-corrected chi connectivity index (χ4v) is 2.58. The van der Waals surface area contributed by atoms with Crippen molar-refractivity contribution in [3.8, 4) is 0 Å². The van der Waals surface area contributed by atoms with Crippen LogP contribution in [0.4, 0.5) is 5.13 Å². The summed E-state index contributed by atoms with van der Waals surface area (Å²) in [4.78, 5) is 16.3.